The zero-order valence-corrected chi connectivity index (χ0v) is 12.5. The molecule has 0 aliphatic rings. The molecule has 0 atom stereocenters. The van der Waals surface area contributed by atoms with Gasteiger partial charge in [0.15, 0.2) is 6.61 Å². The Morgan fingerprint density at radius 2 is 1.81 bits per heavy atom. The Bertz CT molecular complexity index is 610. The maximum absolute atomic E-state index is 11.8. The molecular weight excluding hydrogens is 298 g/mol. The quantitative estimate of drug-likeness (QED) is 0.663. The highest BCUT2D eigenvalue weighted by Gasteiger charge is 2.14. The van der Waals surface area contributed by atoms with Gasteiger partial charge in [-0.3, -0.25) is 9.59 Å². The Kier molecular flexibility index (Phi) is 5.68. The number of hydrogen-bond donors (Lipinski definition) is 2. The van der Waals surface area contributed by atoms with Crippen molar-refractivity contribution in [1.82, 2.24) is 9.62 Å². The number of ether oxygens (including phenoxy) is 1. The molecule has 1 aromatic carbocycles. The fourth-order valence-corrected chi connectivity index (χ4v) is 2.23. The highest BCUT2D eigenvalue weighted by Crippen LogP contribution is 2.15. The Labute approximate surface area is 122 Å². The highest BCUT2D eigenvalue weighted by atomic mass is 32.2. The Morgan fingerprint density at radius 3 is 2.29 bits per heavy atom. The molecule has 2 amide bonds. The molecular formula is C12H17N3O5S. The number of rotatable bonds is 7. The zero-order chi connectivity index (χ0) is 16.0. The number of nitrogens with zero attached hydrogens (tertiary/aromatic N) is 1. The minimum Gasteiger partial charge on any atom is -0.484 e. The number of likely N-dealkylation sites (N-methyl/N-ethyl adjacent to an activating group) is 1. The second kappa shape index (κ2) is 7.04. The van der Waals surface area contributed by atoms with E-state index in [-0.39, 0.29) is 17.4 Å². The van der Waals surface area contributed by atoms with Gasteiger partial charge in [-0.2, -0.15) is 0 Å². The summed E-state index contributed by atoms with van der Waals surface area (Å²) in [5, 5.41) is 0. The summed E-state index contributed by atoms with van der Waals surface area (Å²) in [6.07, 6.45) is 0. The first-order valence-electron chi connectivity index (χ1n) is 5.93. The average molecular weight is 315 g/mol. The zero-order valence-electron chi connectivity index (χ0n) is 11.7. The molecule has 0 fully saturated rings. The van der Waals surface area contributed by atoms with Crippen LogP contribution < -0.4 is 15.2 Å². The average Bonchev–Trinajstić information content (AvgIpc) is 2.43. The first-order chi connectivity index (χ1) is 9.72. The number of benzene rings is 1. The third-order valence-electron chi connectivity index (χ3n) is 2.43. The maximum atomic E-state index is 11.8. The summed E-state index contributed by atoms with van der Waals surface area (Å²) >= 11 is 0. The van der Waals surface area contributed by atoms with Gasteiger partial charge in [-0.1, -0.05) is 0 Å². The molecule has 0 saturated carbocycles. The Balaban J connectivity index is 2.69. The minimum absolute atomic E-state index is 0.0324. The van der Waals surface area contributed by atoms with E-state index in [1.54, 1.807) is 14.1 Å². The molecule has 0 aromatic heterocycles. The second-order valence-corrected chi connectivity index (χ2v) is 6.11. The summed E-state index contributed by atoms with van der Waals surface area (Å²) in [5.74, 6) is -0.630. The number of primary amides is 1. The van der Waals surface area contributed by atoms with Crippen LogP contribution in [0.2, 0.25) is 0 Å². The maximum Gasteiger partial charge on any atom is 0.259 e. The predicted octanol–water partition coefficient (Wildman–Crippen LogP) is -1.08. The van der Waals surface area contributed by atoms with E-state index in [4.69, 9.17) is 10.5 Å². The van der Waals surface area contributed by atoms with Gasteiger partial charge >= 0.3 is 0 Å². The summed E-state index contributed by atoms with van der Waals surface area (Å²) in [6, 6.07) is 5.45. The lowest BCUT2D eigenvalue weighted by molar-refractivity contribution is -0.130. The molecule has 0 unspecified atom stereocenters. The first kappa shape index (κ1) is 16.9. The predicted molar refractivity (Wildman–Crippen MR) is 75.0 cm³/mol. The van der Waals surface area contributed by atoms with E-state index < -0.39 is 22.5 Å². The lowest BCUT2D eigenvalue weighted by Crippen LogP contribution is -2.33. The first-order valence-corrected chi connectivity index (χ1v) is 7.41. The molecule has 1 rings (SSSR count). The lowest BCUT2D eigenvalue weighted by Gasteiger charge is -2.11. The van der Waals surface area contributed by atoms with Crippen LogP contribution in [0.4, 0.5) is 0 Å². The van der Waals surface area contributed by atoms with Crippen LogP contribution >= 0.6 is 0 Å². The molecule has 116 valence electrons. The standard InChI is InChI=1S/C12H17N3O5S/c1-15(2)12(17)8-20-9-3-5-10(6-4-9)21(18,19)14-7-11(13)16/h3-6,14H,7-8H2,1-2H3,(H2,13,16). The third-order valence-corrected chi connectivity index (χ3v) is 3.85. The smallest absolute Gasteiger partial charge is 0.259 e. The molecule has 0 radical (unpaired) electrons. The number of hydrogen-bond acceptors (Lipinski definition) is 5. The SMILES string of the molecule is CN(C)C(=O)COc1ccc(S(=O)(=O)NCC(N)=O)cc1. The highest BCUT2D eigenvalue weighted by molar-refractivity contribution is 7.89. The molecule has 0 heterocycles. The van der Waals surface area contributed by atoms with Crippen LogP contribution in [-0.4, -0.2) is 52.4 Å². The van der Waals surface area contributed by atoms with Crippen molar-refractivity contribution in [2.24, 2.45) is 5.73 Å². The fourth-order valence-electron chi connectivity index (χ4n) is 1.24. The van der Waals surface area contributed by atoms with E-state index >= 15 is 0 Å². The second-order valence-electron chi connectivity index (χ2n) is 4.34. The van der Waals surface area contributed by atoms with Crippen molar-refractivity contribution in [3.05, 3.63) is 24.3 Å². The van der Waals surface area contributed by atoms with Crippen LogP contribution in [0.15, 0.2) is 29.2 Å². The summed E-state index contributed by atoms with van der Waals surface area (Å²) < 4.78 is 30.8. The largest absolute Gasteiger partial charge is 0.484 e. The van der Waals surface area contributed by atoms with Gasteiger partial charge in [-0.25, -0.2) is 13.1 Å². The number of nitrogens with one attached hydrogen (secondary N) is 1. The molecule has 3 N–H and O–H groups in total. The van der Waals surface area contributed by atoms with Crippen molar-refractivity contribution in [2.75, 3.05) is 27.2 Å². The van der Waals surface area contributed by atoms with Crippen molar-refractivity contribution in [3.8, 4) is 5.75 Å². The van der Waals surface area contributed by atoms with E-state index in [9.17, 15) is 18.0 Å². The van der Waals surface area contributed by atoms with Crippen LogP contribution in [0.1, 0.15) is 0 Å². The van der Waals surface area contributed by atoms with Gasteiger partial charge in [0.25, 0.3) is 5.91 Å². The van der Waals surface area contributed by atoms with Crippen LogP contribution in [-0.2, 0) is 19.6 Å². The molecule has 0 aliphatic carbocycles. The molecule has 0 aliphatic heterocycles. The number of carbonyl (C=O) groups excluding carboxylic acids is 2. The Morgan fingerprint density at radius 1 is 1.24 bits per heavy atom. The topological polar surface area (TPSA) is 119 Å². The van der Waals surface area contributed by atoms with E-state index in [0.717, 1.165) is 0 Å². The van der Waals surface area contributed by atoms with E-state index in [1.807, 2.05) is 0 Å². The van der Waals surface area contributed by atoms with Gasteiger partial charge in [-0.05, 0) is 24.3 Å². The monoisotopic (exact) mass is 315 g/mol. The van der Waals surface area contributed by atoms with Gasteiger partial charge in [0.05, 0.1) is 11.4 Å². The summed E-state index contributed by atoms with van der Waals surface area (Å²) in [6.45, 7) is -0.614. The third kappa shape index (κ3) is 5.40. The lowest BCUT2D eigenvalue weighted by atomic mass is 10.3. The Hall–Kier alpha value is -2.13. The van der Waals surface area contributed by atoms with Gasteiger partial charge in [-0.15, -0.1) is 0 Å². The van der Waals surface area contributed by atoms with Crippen molar-refractivity contribution in [3.63, 3.8) is 0 Å². The molecule has 0 saturated heterocycles. The molecule has 0 bridgehead atoms. The van der Waals surface area contributed by atoms with E-state index in [2.05, 4.69) is 4.72 Å². The molecule has 8 nitrogen and oxygen atoms in total. The molecule has 1 aromatic rings. The van der Waals surface area contributed by atoms with Crippen molar-refractivity contribution >= 4 is 21.8 Å². The minimum atomic E-state index is -3.80. The van der Waals surface area contributed by atoms with Crippen LogP contribution in [0, 0.1) is 0 Å². The van der Waals surface area contributed by atoms with Crippen LogP contribution in [0.3, 0.4) is 0 Å². The van der Waals surface area contributed by atoms with Crippen molar-refractivity contribution in [1.29, 1.82) is 0 Å². The fraction of sp³-hybridized carbons (Fsp3) is 0.333. The van der Waals surface area contributed by atoms with Gasteiger partial charge in [0.1, 0.15) is 5.75 Å². The van der Waals surface area contributed by atoms with Crippen molar-refractivity contribution < 1.29 is 22.7 Å². The molecule has 21 heavy (non-hydrogen) atoms. The number of carbonyl (C=O) groups is 2. The summed E-state index contributed by atoms with van der Waals surface area (Å²) in [5.41, 5.74) is 4.87. The molecule has 0 spiro atoms. The van der Waals surface area contributed by atoms with Gasteiger partial charge in [0, 0.05) is 14.1 Å². The number of nitrogens with two attached hydrogens (primary N) is 1. The molecule has 9 heteroatoms. The van der Waals surface area contributed by atoms with E-state index in [1.165, 1.54) is 29.2 Å². The van der Waals surface area contributed by atoms with Gasteiger partial charge < -0.3 is 15.4 Å². The van der Waals surface area contributed by atoms with Crippen LogP contribution in [0.5, 0.6) is 5.75 Å². The number of amides is 2. The van der Waals surface area contributed by atoms with Crippen molar-refractivity contribution in [2.45, 2.75) is 4.90 Å². The van der Waals surface area contributed by atoms with Crippen LogP contribution in [0.25, 0.3) is 0 Å². The number of sulfonamides is 1. The summed E-state index contributed by atoms with van der Waals surface area (Å²) in [7, 11) is -0.592. The normalized spacial score (nSPS) is 11.0. The van der Waals surface area contributed by atoms with Gasteiger partial charge in [0.2, 0.25) is 15.9 Å². The van der Waals surface area contributed by atoms with E-state index in [0.29, 0.717) is 5.75 Å². The summed E-state index contributed by atoms with van der Waals surface area (Å²) in [4.78, 5) is 23.3.